The molecule has 0 aliphatic heterocycles. The molecule has 0 saturated heterocycles. The Morgan fingerprint density at radius 2 is 2.11 bits per heavy atom. The maximum atomic E-state index is 5.73. The van der Waals surface area contributed by atoms with Gasteiger partial charge in [-0.2, -0.15) is 0 Å². The molecule has 4 nitrogen and oxygen atoms in total. The Morgan fingerprint density at radius 3 is 2.78 bits per heavy atom. The van der Waals surface area contributed by atoms with Crippen molar-refractivity contribution in [2.75, 3.05) is 7.11 Å². The Kier molecular flexibility index (Phi) is 3.67. The maximum Gasteiger partial charge on any atom is 0.123 e. The van der Waals surface area contributed by atoms with Crippen molar-refractivity contribution in [3.05, 3.63) is 47.0 Å². The zero-order valence-corrected chi connectivity index (χ0v) is 11.1. The molecule has 1 aromatic heterocycles. The van der Waals surface area contributed by atoms with E-state index in [9.17, 15) is 0 Å². The van der Waals surface area contributed by atoms with E-state index in [4.69, 9.17) is 10.5 Å². The molecule has 0 saturated carbocycles. The molecule has 0 aliphatic rings. The Morgan fingerprint density at radius 1 is 1.33 bits per heavy atom. The molecule has 0 fully saturated rings. The van der Waals surface area contributed by atoms with Crippen LogP contribution in [-0.2, 0) is 13.1 Å². The second-order valence-electron chi connectivity index (χ2n) is 4.40. The standard InChI is InChI=1S/C14H19N3O/c1-10-4-5-14(18-3)12(6-10)9-17-11(2)16-8-13(17)7-15/h4-6,8H,7,9,15H2,1-3H3. The van der Waals surface area contributed by atoms with E-state index in [1.807, 2.05) is 25.3 Å². The molecule has 96 valence electrons. The summed E-state index contributed by atoms with van der Waals surface area (Å²) in [5, 5.41) is 0. The molecule has 18 heavy (non-hydrogen) atoms. The predicted octanol–water partition coefficient (Wildman–Crippen LogP) is 2.02. The molecule has 1 heterocycles. The summed E-state index contributed by atoms with van der Waals surface area (Å²) >= 11 is 0. The van der Waals surface area contributed by atoms with Crippen molar-refractivity contribution in [3.8, 4) is 5.75 Å². The molecule has 0 bridgehead atoms. The molecule has 2 rings (SSSR count). The van der Waals surface area contributed by atoms with Crippen molar-refractivity contribution in [1.82, 2.24) is 9.55 Å². The fourth-order valence-electron chi connectivity index (χ4n) is 2.10. The van der Waals surface area contributed by atoms with Crippen molar-refractivity contribution in [2.45, 2.75) is 26.9 Å². The minimum absolute atomic E-state index is 0.495. The Bertz CT molecular complexity index is 546. The number of benzene rings is 1. The Labute approximate surface area is 107 Å². The van der Waals surface area contributed by atoms with Gasteiger partial charge in [0.2, 0.25) is 0 Å². The first-order chi connectivity index (χ1) is 8.65. The van der Waals surface area contributed by atoms with Crippen LogP contribution >= 0.6 is 0 Å². The summed E-state index contributed by atoms with van der Waals surface area (Å²) in [5.74, 6) is 1.87. The highest BCUT2D eigenvalue weighted by Gasteiger charge is 2.09. The van der Waals surface area contributed by atoms with E-state index in [0.717, 1.165) is 29.4 Å². The van der Waals surface area contributed by atoms with Gasteiger partial charge in [-0.25, -0.2) is 4.98 Å². The van der Waals surface area contributed by atoms with Gasteiger partial charge in [-0.3, -0.25) is 0 Å². The van der Waals surface area contributed by atoms with Gasteiger partial charge in [0, 0.05) is 18.3 Å². The molecular formula is C14H19N3O. The van der Waals surface area contributed by atoms with Crippen LogP contribution in [0.25, 0.3) is 0 Å². The molecule has 1 aromatic carbocycles. The van der Waals surface area contributed by atoms with Crippen LogP contribution in [-0.4, -0.2) is 16.7 Å². The number of hydrogen-bond donors (Lipinski definition) is 1. The van der Waals surface area contributed by atoms with E-state index < -0.39 is 0 Å². The third kappa shape index (κ3) is 2.38. The number of nitrogens with zero attached hydrogens (tertiary/aromatic N) is 2. The van der Waals surface area contributed by atoms with Gasteiger partial charge < -0.3 is 15.0 Å². The van der Waals surface area contributed by atoms with E-state index in [0.29, 0.717) is 6.54 Å². The fraction of sp³-hybridized carbons (Fsp3) is 0.357. The summed E-state index contributed by atoms with van der Waals surface area (Å²) in [5.41, 5.74) is 9.13. The number of methoxy groups -OCH3 is 1. The average Bonchev–Trinajstić information content (AvgIpc) is 2.71. The normalized spacial score (nSPS) is 10.7. The van der Waals surface area contributed by atoms with Crippen LogP contribution in [0.1, 0.15) is 22.6 Å². The number of rotatable bonds is 4. The first-order valence-electron chi connectivity index (χ1n) is 6.00. The van der Waals surface area contributed by atoms with Crippen LogP contribution in [0, 0.1) is 13.8 Å². The van der Waals surface area contributed by atoms with Crippen LogP contribution in [0.2, 0.25) is 0 Å². The molecule has 4 heteroatoms. The summed E-state index contributed by atoms with van der Waals surface area (Å²) in [6.45, 7) is 5.30. The number of aromatic nitrogens is 2. The number of imidazole rings is 1. The Balaban J connectivity index is 2.38. The van der Waals surface area contributed by atoms with Gasteiger partial charge in [0.1, 0.15) is 11.6 Å². The van der Waals surface area contributed by atoms with Crippen LogP contribution in [0.3, 0.4) is 0 Å². The van der Waals surface area contributed by atoms with Gasteiger partial charge >= 0.3 is 0 Å². The van der Waals surface area contributed by atoms with Crippen LogP contribution in [0.15, 0.2) is 24.4 Å². The van der Waals surface area contributed by atoms with Crippen molar-refractivity contribution in [3.63, 3.8) is 0 Å². The number of nitrogens with two attached hydrogens (primary N) is 1. The van der Waals surface area contributed by atoms with Gasteiger partial charge in [0.15, 0.2) is 0 Å². The second-order valence-corrected chi connectivity index (χ2v) is 4.40. The lowest BCUT2D eigenvalue weighted by molar-refractivity contribution is 0.408. The SMILES string of the molecule is COc1ccc(C)cc1Cn1c(CN)cnc1C. The number of ether oxygens (including phenoxy) is 1. The molecular weight excluding hydrogens is 226 g/mol. The zero-order chi connectivity index (χ0) is 13.1. The van der Waals surface area contributed by atoms with Crippen LogP contribution in [0.4, 0.5) is 0 Å². The van der Waals surface area contributed by atoms with E-state index in [-0.39, 0.29) is 0 Å². The first-order valence-corrected chi connectivity index (χ1v) is 6.00. The Hall–Kier alpha value is -1.81. The molecule has 2 N–H and O–H groups in total. The molecule has 0 aliphatic carbocycles. The molecule has 2 aromatic rings. The van der Waals surface area contributed by atoms with E-state index >= 15 is 0 Å². The first kappa shape index (κ1) is 12.6. The van der Waals surface area contributed by atoms with Gasteiger partial charge in [-0.15, -0.1) is 0 Å². The molecule has 0 atom stereocenters. The summed E-state index contributed by atoms with van der Waals surface area (Å²) in [6.07, 6.45) is 1.83. The van der Waals surface area contributed by atoms with Crippen LogP contribution < -0.4 is 10.5 Å². The highest BCUT2D eigenvalue weighted by Crippen LogP contribution is 2.21. The lowest BCUT2D eigenvalue weighted by atomic mass is 10.1. The van der Waals surface area contributed by atoms with E-state index in [2.05, 4.69) is 22.5 Å². The molecule has 0 unspecified atom stereocenters. The largest absolute Gasteiger partial charge is 0.496 e. The minimum Gasteiger partial charge on any atom is -0.496 e. The molecule has 0 spiro atoms. The summed E-state index contributed by atoms with van der Waals surface area (Å²) in [7, 11) is 1.69. The highest BCUT2D eigenvalue weighted by atomic mass is 16.5. The van der Waals surface area contributed by atoms with Crippen molar-refractivity contribution in [2.24, 2.45) is 5.73 Å². The van der Waals surface area contributed by atoms with E-state index in [1.165, 1.54) is 5.56 Å². The monoisotopic (exact) mass is 245 g/mol. The third-order valence-corrected chi connectivity index (χ3v) is 3.11. The summed E-state index contributed by atoms with van der Waals surface area (Å²) in [6, 6.07) is 6.19. The summed E-state index contributed by atoms with van der Waals surface area (Å²) < 4.78 is 7.52. The van der Waals surface area contributed by atoms with Gasteiger partial charge in [0.05, 0.1) is 19.3 Å². The lowest BCUT2D eigenvalue weighted by Crippen LogP contribution is -2.10. The third-order valence-electron chi connectivity index (χ3n) is 3.11. The van der Waals surface area contributed by atoms with Crippen molar-refractivity contribution in [1.29, 1.82) is 0 Å². The summed E-state index contributed by atoms with van der Waals surface area (Å²) in [4.78, 5) is 4.30. The molecule has 0 amide bonds. The topological polar surface area (TPSA) is 53.1 Å². The van der Waals surface area contributed by atoms with Gasteiger partial charge in [0.25, 0.3) is 0 Å². The molecule has 0 radical (unpaired) electrons. The maximum absolute atomic E-state index is 5.73. The quantitative estimate of drug-likeness (QED) is 0.896. The average molecular weight is 245 g/mol. The van der Waals surface area contributed by atoms with Crippen LogP contribution in [0.5, 0.6) is 5.75 Å². The van der Waals surface area contributed by atoms with Crippen molar-refractivity contribution >= 4 is 0 Å². The lowest BCUT2D eigenvalue weighted by Gasteiger charge is -2.13. The number of hydrogen-bond acceptors (Lipinski definition) is 3. The van der Waals surface area contributed by atoms with Gasteiger partial charge in [-0.1, -0.05) is 17.7 Å². The van der Waals surface area contributed by atoms with E-state index in [1.54, 1.807) is 7.11 Å². The zero-order valence-electron chi connectivity index (χ0n) is 11.1. The van der Waals surface area contributed by atoms with Gasteiger partial charge in [-0.05, 0) is 19.9 Å². The smallest absolute Gasteiger partial charge is 0.123 e. The predicted molar refractivity (Wildman–Crippen MR) is 71.7 cm³/mol. The highest BCUT2D eigenvalue weighted by molar-refractivity contribution is 5.37. The number of aryl methyl sites for hydroxylation is 2. The van der Waals surface area contributed by atoms with Crippen molar-refractivity contribution < 1.29 is 4.74 Å². The fourth-order valence-corrected chi connectivity index (χ4v) is 2.10. The second kappa shape index (κ2) is 5.23. The minimum atomic E-state index is 0.495.